The maximum absolute atomic E-state index is 13.7. The van der Waals surface area contributed by atoms with Gasteiger partial charge in [-0.25, -0.2) is 4.39 Å². The lowest BCUT2D eigenvalue weighted by atomic mass is 10.1. The van der Waals surface area contributed by atoms with Crippen LogP contribution in [0.25, 0.3) is 0 Å². The third-order valence-corrected chi connectivity index (χ3v) is 3.51. The van der Waals surface area contributed by atoms with E-state index in [-0.39, 0.29) is 11.4 Å². The highest BCUT2D eigenvalue weighted by molar-refractivity contribution is 7.09. The molecule has 94 valence electrons. The predicted octanol–water partition coefficient (Wildman–Crippen LogP) is 2.81. The molecule has 1 aromatic carbocycles. The molecule has 0 amide bonds. The Kier molecular flexibility index (Phi) is 3.62. The van der Waals surface area contributed by atoms with E-state index in [4.69, 9.17) is 11.1 Å². The molecule has 0 unspecified atom stereocenters. The van der Waals surface area contributed by atoms with E-state index >= 15 is 0 Å². The highest BCUT2D eigenvalue weighted by atomic mass is 32.1. The first-order valence-electron chi connectivity index (χ1n) is 5.46. The fourth-order valence-electron chi connectivity index (χ4n) is 1.82. The molecule has 0 atom stereocenters. The Morgan fingerprint density at radius 3 is 2.78 bits per heavy atom. The van der Waals surface area contributed by atoms with Crippen LogP contribution in [-0.4, -0.2) is 12.9 Å². The van der Waals surface area contributed by atoms with E-state index in [0.717, 1.165) is 0 Å². The van der Waals surface area contributed by atoms with Crippen molar-refractivity contribution in [2.45, 2.75) is 6.54 Å². The molecule has 0 spiro atoms. The van der Waals surface area contributed by atoms with Crippen LogP contribution in [0.3, 0.4) is 0 Å². The Bertz CT molecular complexity index is 551. The normalized spacial score (nSPS) is 10.3. The molecule has 0 fully saturated rings. The third-order valence-electron chi connectivity index (χ3n) is 2.65. The average Bonchev–Trinajstić information content (AvgIpc) is 2.80. The van der Waals surface area contributed by atoms with Crippen LogP contribution < -0.4 is 10.6 Å². The molecule has 0 saturated carbocycles. The number of rotatable bonds is 4. The molecule has 1 heterocycles. The van der Waals surface area contributed by atoms with Crippen molar-refractivity contribution in [3.05, 3.63) is 52.0 Å². The van der Waals surface area contributed by atoms with Crippen molar-refractivity contribution in [3.8, 4) is 0 Å². The van der Waals surface area contributed by atoms with Crippen LogP contribution in [0.15, 0.2) is 35.7 Å². The molecule has 3 nitrogen and oxygen atoms in total. The summed E-state index contributed by atoms with van der Waals surface area (Å²) >= 11 is 1.64. The van der Waals surface area contributed by atoms with Crippen molar-refractivity contribution < 1.29 is 4.39 Å². The van der Waals surface area contributed by atoms with Gasteiger partial charge >= 0.3 is 0 Å². The number of halogens is 1. The fourth-order valence-corrected chi connectivity index (χ4v) is 2.58. The molecule has 0 aliphatic carbocycles. The zero-order valence-electron chi connectivity index (χ0n) is 9.98. The molecule has 5 heteroatoms. The zero-order chi connectivity index (χ0) is 13.1. The van der Waals surface area contributed by atoms with Gasteiger partial charge < -0.3 is 10.6 Å². The van der Waals surface area contributed by atoms with E-state index in [1.54, 1.807) is 23.5 Å². The number of hydrogen-bond donors (Lipinski definition) is 2. The van der Waals surface area contributed by atoms with Gasteiger partial charge in [-0.2, -0.15) is 0 Å². The summed E-state index contributed by atoms with van der Waals surface area (Å²) in [5.41, 5.74) is 6.24. The van der Waals surface area contributed by atoms with Gasteiger partial charge in [0.15, 0.2) is 0 Å². The number of benzene rings is 1. The number of thiophene rings is 1. The summed E-state index contributed by atoms with van der Waals surface area (Å²) in [6.45, 7) is 0.668. The highest BCUT2D eigenvalue weighted by Gasteiger charge is 2.14. The van der Waals surface area contributed by atoms with Crippen LogP contribution in [0.5, 0.6) is 0 Å². The number of nitrogens with zero attached hydrogens (tertiary/aromatic N) is 1. The lowest BCUT2D eigenvalue weighted by Crippen LogP contribution is -2.22. The molecular weight excluding hydrogens is 249 g/mol. The highest BCUT2D eigenvalue weighted by Crippen LogP contribution is 2.24. The van der Waals surface area contributed by atoms with Crippen LogP contribution in [0.4, 0.5) is 10.1 Å². The van der Waals surface area contributed by atoms with Crippen molar-refractivity contribution >= 4 is 22.9 Å². The topological polar surface area (TPSA) is 53.1 Å². The van der Waals surface area contributed by atoms with Crippen molar-refractivity contribution in [2.24, 2.45) is 5.73 Å². The molecular formula is C13H14FN3S. The molecule has 1 aromatic heterocycles. The standard InChI is InChI=1S/C13H14FN3S/c1-17(8-9-4-3-7-18-9)11-6-2-5-10(14)12(11)13(15)16/h2-7H,8H2,1H3,(H3,15,16). The van der Waals surface area contributed by atoms with E-state index in [1.165, 1.54) is 10.9 Å². The van der Waals surface area contributed by atoms with Crippen molar-refractivity contribution in [1.29, 1.82) is 5.41 Å². The minimum Gasteiger partial charge on any atom is -0.384 e. The van der Waals surface area contributed by atoms with E-state index < -0.39 is 5.82 Å². The summed E-state index contributed by atoms with van der Waals surface area (Å²) in [5, 5.41) is 9.47. The molecule has 0 aliphatic heterocycles. The number of nitrogens with one attached hydrogen (secondary N) is 1. The molecule has 3 N–H and O–H groups in total. The number of amidine groups is 1. The quantitative estimate of drug-likeness (QED) is 0.658. The second kappa shape index (κ2) is 5.18. The number of nitrogen functional groups attached to an aromatic ring is 1. The Morgan fingerprint density at radius 1 is 1.39 bits per heavy atom. The Hall–Kier alpha value is -1.88. The van der Waals surface area contributed by atoms with Crippen molar-refractivity contribution in [3.63, 3.8) is 0 Å². The van der Waals surface area contributed by atoms with Crippen LogP contribution in [-0.2, 0) is 6.54 Å². The van der Waals surface area contributed by atoms with Crippen LogP contribution >= 0.6 is 11.3 Å². The van der Waals surface area contributed by atoms with Crippen molar-refractivity contribution in [2.75, 3.05) is 11.9 Å². The molecule has 0 aliphatic rings. The van der Waals surface area contributed by atoms with Gasteiger partial charge in [-0.15, -0.1) is 11.3 Å². The smallest absolute Gasteiger partial charge is 0.136 e. The summed E-state index contributed by atoms with van der Waals surface area (Å²) in [4.78, 5) is 3.07. The molecule has 0 saturated heterocycles. The largest absolute Gasteiger partial charge is 0.384 e. The second-order valence-electron chi connectivity index (χ2n) is 3.98. The first-order chi connectivity index (χ1) is 8.59. The Labute approximate surface area is 109 Å². The summed E-state index contributed by atoms with van der Waals surface area (Å²) in [6, 6.07) is 8.72. The van der Waals surface area contributed by atoms with Gasteiger partial charge in [0.05, 0.1) is 17.8 Å². The predicted molar refractivity (Wildman–Crippen MR) is 73.8 cm³/mol. The Morgan fingerprint density at radius 2 is 2.17 bits per heavy atom. The molecule has 2 rings (SSSR count). The van der Waals surface area contributed by atoms with Gasteiger partial charge in [0, 0.05) is 11.9 Å². The van der Waals surface area contributed by atoms with Crippen molar-refractivity contribution in [1.82, 2.24) is 0 Å². The summed E-state index contributed by atoms with van der Waals surface area (Å²) in [6.07, 6.45) is 0. The van der Waals surface area contributed by atoms with Crippen LogP contribution in [0.1, 0.15) is 10.4 Å². The summed E-state index contributed by atoms with van der Waals surface area (Å²) < 4.78 is 13.7. The van der Waals surface area contributed by atoms with E-state index in [0.29, 0.717) is 12.2 Å². The number of hydrogen-bond acceptors (Lipinski definition) is 3. The number of anilines is 1. The van der Waals surface area contributed by atoms with Gasteiger partial charge in [-0.1, -0.05) is 12.1 Å². The van der Waals surface area contributed by atoms with Crippen LogP contribution in [0, 0.1) is 11.2 Å². The zero-order valence-corrected chi connectivity index (χ0v) is 10.8. The first kappa shape index (κ1) is 12.6. The van der Waals surface area contributed by atoms with Gasteiger partial charge in [0.25, 0.3) is 0 Å². The Balaban J connectivity index is 2.32. The fraction of sp³-hybridized carbons (Fsp3) is 0.154. The first-order valence-corrected chi connectivity index (χ1v) is 6.34. The van der Waals surface area contributed by atoms with Gasteiger partial charge in [-0.05, 0) is 23.6 Å². The van der Waals surface area contributed by atoms with E-state index in [2.05, 4.69) is 0 Å². The summed E-state index contributed by atoms with van der Waals surface area (Å²) in [7, 11) is 1.86. The molecule has 0 bridgehead atoms. The number of nitrogens with two attached hydrogens (primary N) is 1. The average molecular weight is 263 g/mol. The lowest BCUT2D eigenvalue weighted by molar-refractivity contribution is 0.624. The minimum atomic E-state index is -0.460. The second-order valence-corrected chi connectivity index (χ2v) is 5.02. The van der Waals surface area contributed by atoms with E-state index in [1.807, 2.05) is 29.5 Å². The van der Waals surface area contributed by atoms with E-state index in [9.17, 15) is 4.39 Å². The third kappa shape index (κ3) is 2.51. The molecule has 2 aromatic rings. The van der Waals surface area contributed by atoms with Crippen LogP contribution in [0.2, 0.25) is 0 Å². The SMILES string of the molecule is CN(Cc1cccs1)c1cccc(F)c1C(=N)N. The minimum absolute atomic E-state index is 0.163. The van der Waals surface area contributed by atoms with Gasteiger partial charge in [0.1, 0.15) is 11.7 Å². The summed E-state index contributed by atoms with van der Waals surface area (Å²) in [5.74, 6) is -0.709. The maximum Gasteiger partial charge on any atom is 0.136 e. The lowest BCUT2D eigenvalue weighted by Gasteiger charge is -2.21. The maximum atomic E-state index is 13.7. The van der Waals surface area contributed by atoms with Gasteiger partial charge in [-0.3, -0.25) is 5.41 Å². The molecule has 18 heavy (non-hydrogen) atoms. The van der Waals surface area contributed by atoms with Gasteiger partial charge in [0.2, 0.25) is 0 Å². The monoisotopic (exact) mass is 263 g/mol. The molecule has 0 radical (unpaired) electrons.